The van der Waals surface area contributed by atoms with Crippen LogP contribution in [0.4, 0.5) is 0 Å². The quantitative estimate of drug-likeness (QED) is 0.281. The van der Waals surface area contributed by atoms with Gasteiger partial charge in [-0.3, -0.25) is 19.2 Å². The van der Waals surface area contributed by atoms with Crippen molar-refractivity contribution in [1.82, 2.24) is 0 Å². The monoisotopic (exact) mass is 491 g/mol. The van der Waals surface area contributed by atoms with Crippen LogP contribution in [-0.2, 0) is 19.1 Å². The molecule has 10 nitrogen and oxygen atoms in total. The second-order valence-electron chi connectivity index (χ2n) is 6.96. The summed E-state index contributed by atoms with van der Waals surface area (Å²) in [6.07, 6.45) is 0. The van der Waals surface area contributed by atoms with Gasteiger partial charge < -0.3 is 24.7 Å². The van der Waals surface area contributed by atoms with E-state index in [-0.39, 0.29) is 64.9 Å². The SMILES string of the molecule is CC(=O)Oc1cccc2c1C(=O)c1c(OC(C)=O)cc(C(=O)OCCOCCN)cc1C2=O.Cl. The first-order valence-corrected chi connectivity index (χ1v) is 9.96. The van der Waals surface area contributed by atoms with E-state index in [1.165, 1.54) is 24.3 Å². The smallest absolute Gasteiger partial charge is 0.338 e. The average Bonchev–Trinajstić information content (AvgIpc) is 2.75. The average molecular weight is 492 g/mol. The summed E-state index contributed by atoms with van der Waals surface area (Å²) in [6.45, 7) is 2.94. The normalized spacial score (nSPS) is 11.6. The highest BCUT2D eigenvalue weighted by molar-refractivity contribution is 6.30. The first-order valence-electron chi connectivity index (χ1n) is 9.96. The highest BCUT2D eigenvalue weighted by Crippen LogP contribution is 2.38. The lowest BCUT2D eigenvalue weighted by molar-refractivity contribution is -0.132. The maximum atomic E-state index is 13.3. The summed E-state index contributed by atoms with van der Waals surface area (Å²) < 4.78 is 20.5. The zero-order valence-electron chi connectivity index (χ0n) is 18.4. The van der Waals surface area contributed by atoms with E-state index in [4.69, 9.17) is 24.7 Å². The fraction of sp³-hybridized carbons (Fsp3) is 0.261. The Morgan fingerprint density at radius 1 is 0.824 bits per heavy atom. The molecule has 0 radical (unpaired) electrons. The molecule has 0 saturated carbocycles. The van der Waals surface area contributed by atoms with E-state index >= 15 is 0 Å². The second kappa shape index (κ2) is 11.5. The molecule has 2 N–H and O–H groups in total. The lowest BCUT2D eigenvalue weighted by Crippen LogP contribution is -2.25. The molecular formula is C23H22ClNO9. The van der Waals surface area contributed by atoms with Crippen LogP contribution < -0.4 is 15.2 Å². The summed E-state index contributed by atoms with van der Waals surface area (Å²) in [6, 6.07) is 6.58. The van der Waals surface area contributed by atoms with Crippen molar-refractivity contribution >= 4 is 41.9 Å². The summed E-state index contributed by atoms with van der Waals surface area (Å²) in [7, 11) is 0. The minimum absolute atomic E-state index is 0. The van der Waals surface area contributed by atoms with Crippen molar-refractivity contribution < 1.29 is 42.9 Å². The molecule has 0 saturated heterocycles. The van der Waals surface area contributed by atoms with E-state index in [2.05, 4.69) is 0 Å². The van der Waals surface area contributed by atoms with Gasteiger partial charge in [-0.1, -0.05) is 12.1 Å². The molecule has 2 aromatic carbocycles. The molecule has 0 heterocycles. The Bertz CT molecular complexity index is 1160. The van der Waals surface area contributed by atoms with Crippen LogP contribution >= 0.6 is 12.4 Å². The van der Waals surface area contributed by atoms with Crippen LogP contribution in [0.3, 0.4) is 0 Å². The van der Waals surface area contributed by atoms with Crippen LogP contribution in [-0.4, -0.2) is 55.8 Å². The lowest BCUT2D eigenvalue weighted by Gasteiger charge is -2.22. The molecule has 0 unspecified atom stereocenters. The number of hydrogen-bond acceptors (Lipinski definition) is 10. The molecule has 0 amide bonds. The lowest BCUT2D eigenvalue weighted by atomic mass is 9.82. The first-order chi connectivity index (χ1) is 15.7. The highest BCUT2D eigenvalue weighted by atomic mass is 35.5. The van der Waals surface area contributed by atoms with Gasteiger partial charge in [-0.25, -0.2) is 4.79 Å². The second-order valence-corrected chi connectivity index (χ2v) is 6.96. The Balaban J connectivity index is 0.00000408. The molecule has 2 aromatic rings. The van der Waals surface area contributed by atoms with Crippen LogP contribution in [0.5, 0.6) is 11.5 Å². The van der Waals surface area contributed by atoms with Gasteiger partial charge in [0.1, 0.15) is 18.1 Å². The van der Waals surface area contributed by atoms with E-state index in [0.29, 0.717) is 13.2 Å². The van der Waals surface area contributed by atoms with E-state index in [0.717, 1.165) is 19.9 Å². The molecule has 1 aliphatic rings. The fourth-order valence-electron chi connectivity index (χ4n) is 3.31. The number of carbonyl (C=O) groups excluding carboxylic acids is 5. The number of rotatable bonds is 8. The number of ether oxygens (including phenoxy) is 4. The predicted molar refractivity (Wildman–Crippen MR) is 120 cm³/mol. The van der Waals surface area contributed by atoms with Crippen molar-refractivity contribution in [3.63, 3.8) is 0 Å². The van der Waals surface area contributed by atoms with Crippen molar-refractivity contribution in [2.75, 3.05) is 26.4 Å². The number of carbonyl (C=O) groups is 5. The van der Waals surface area contributed by atoms with Crippen molar-refractivity contribution in [3.05, 3.63) is 58.1 Å². The van der Waals surface area contributed by atoms with Crippen LogP contribution in [0.15, 0.2) is 30.3 Å². The topological polar surface area (TPSA) is 148 Å². The molecule has 0 aliphatic heterocycles. The zero-order chi connectivity index (χ0) is 24.1. The Kier molecular flexibility index (Phi) is 9.02. The Labute approximate surface area is 200 Å². The van der Waals surface area contributed by atoms with Crippen molar-refractivity contribution in [1.29, 1.82) is 0 Å². The number of nitrogens with two attached hydrogens (primary N) is 1. The van der Waals surface area contributed by atoms with E-state index in [1.807, 2.05) is 0 Å². The molecule has 0 spiro atoms. The minimum atomic E-state index is -0.803. The van der Waals surface area contributed by atoms with Gasteiger partial charge in [0.15, 0.2) is 5.78 Å². The number of ketones is 2. The number of halogens is 1. The molecule has 1 aliphatic carbocycles. The zero-order valence-corrected chi connectivity index (χ0v) is 19.2. The first kappa shape index (κ1) is 26.7. The molecule has 0 aromatic heterocycles. The van der Waals surface area contributed by atoms with E-state index < -0.39 is 29.5 Å². The van der Waals surface area contributed by atoms with Crippen molar-refractivity contribution in [2.24, 2.45) is 5.73 Å². The summed E-state index contributed by atoms with van der Waals surface area (Å²) in [5, 5.41) is 0. The van der Waals surface area contributed by atoms with Crippen molar-refractivity contribution in [2.45, 2.75) is 13.8 Å². The Morgan fingerprint density at radius 2 is 1.47 bits per heavy atom. The molecule has 34 heavy (non-hydrogen) atoms. The predicted octanol–water partition coefficient (Wildman–Crippen LogP) is 1.87. The third kappa shape index (κ3) is 5.66. The maximum Gasteiger partial charge on any atom is 0.338 e. The van der Waals surface area contributed by atoms with Gasteiger partial charge in [-0.2, -0.15) is 0 Å². The third-order valence-corrected chi connectivity index (χ3v) is 4.54. The molecular weight excluding hydrogens is 470 g/mol. The number of fused-ring (bicyclic) bond motifs is 2. The number of hydrogen-bond donors (Lipinski definition) is 1. The van der Waals surface area contributed by atoms with Crippen LogP contribution in [0.1, 0.15) is 56.0 Å². The summed E-state index contributed by atoms with van der Waals surface area (Å²) in [4.78, 5) is 62.2. The Hall–Kier alpha value is -3.60. The van der Waals surface area contributed by atoms with E-state index in [1.54, 1.807) is 0 Å². The van der Waals surface area contributed by atoms with Gasteiger partial charge in [-0.15, -0.1) is 12.4 Å². The Morgan fingerprint density at radius 3 is 2.12 bits per heavy atom. The van der Waals surface area contributed by atoms with Gasteiger partial charge in [0.2, 0.25) is 5.78 Å². The van der Waals surface area contributed by atoms with E-state index in [9.17, 15) is 24.0 Å². The van der Waals surface area contributed by atoms with Gasteiger partial charge in [0.25, 0.3) is 0 Å². The summed E-state index contributed by atoms with van der Waals surface area (Å²) in [5.74, 6) is -3.93. The molecule has 11 heteroatoms. The molecule has 0 fully saturated rings. The summed E-state index contributed by atoms with van der Waals surface area (Å²) in [5.41, 5.74) is 4.72. The molecule has 3 rings (SSSR count). The van der Waals surface area contributed by atoms with Gasteiger partial charge >= 0.3 is 17.9 Å². The minimum Gasteiger partial charge on any atom is -0.460 e. The maximum absolute atomic E-state index is 13.3. The van der Waals surface area contributed by atoms with Crippen molar-refractivity contribution in [3.8, 4) is 11.5 Å². The van der Waals surface area contributed by atoms with Crippen LogP contribution in [0, 0.1) is 0 Å². The largest absolute Gasteiger partial charge is 0.460 e. The van der Waals surface area contributed by atoms with Crippen LogP contribution in [0.25, 0.3) is 0 Å². The van der Waals surface area contributed by atoms with Crippen LogP contribution in [0.2, 0.25) is 0 Å². The third-order valence-electron chi connectivity index (χ3n) is 4.54. The molecule has 0 bridgehead atoms. The van der Waals surface area contributed by atoms with Gasteiger partial charge in [-0.05, 0) is 18.2 Å². The number of esters is 3. The fourth-order valence-corrected chi connectivity index (χ4v) is 3.31. The van der Waals surface area contributed by atoms with Gasteiger partial charge in [0, 0.05) is 31.5 Å². The molecule has 0 atom stereocenters. The molecule has 180 valence electrons. The number of benzene rings is 2. The standard InChI is InChI=1S/C23H21NO9.ClH/c1-12(25)32-17-5-3-4-15-19(17)22(28)20-16(21(15)27)10-14(11-18(20)33-13(2)26)23(29)31-9-8-30-7-6-24;/h3-5,10-11H,6-9,24H2,1-2H3;1H. The van der Waals surface area contributed by atoms with Gasteiger partial charge in [0.05, 0.1) is 29.9 Å². The highest BCUT2D eigenvalue weighted by Gasteiger charge is 2.36. The summed E-state index contributed by atoms with van der Waals surface area (Å²) >= 11 is 0.